The highest BCUT2D eigenvalue weighted by Gasteiger charge is 2.27. The van der Waals surface area contributed by atoms with Crippen molar-refractivity contribution in [2.24, 2.45) is 5.73 Å². The summed E-state index contributed by atoms with van der Waals surface area (Å²) < 4.78 is 7.35. The highest BCUT2D eigenvalue weighted by atomic mass is 16.5. The average Bonchev–Trinajstić information content (AvgIpc) is 2.87. The van der Waals surface area contributed by atoms with Crippen LogP contribution in [0.1, 0.15) is 26.0 Å². The summed E-state index contributed by atoms with van der Waals surface area (Å²) in [5.41, 5.74) is 10.3. The minimum atomic E-state index is -0.337. The van der Waals surface area contributed by atoms with Crippen molar-refractivity contribution in [1.29, 1.82) is 0 Å². The van der Waals surface area contributed by atoms with E-state index in [1.54, 1.807) is 6.92 Å². The third-order valence-electron chi connectivity index (χ3n) is 3.94. The molecule has 1 aliphatic heterocycles. The molecular formula is C18H20N2O2. The fourth-order valence-corrected chi connectivity index (χ4v) is 3.01. The molecule has 4 nitrogen and oxygen atoms in total. The molecule has 0 radical (unpaired) electrons. The van der Waals surface area contributed by atoms with E-state index in [9.17, 15) is 4.79 Å². The van der Waals surface area contributed by atoms with Gasteiger partial charge in [0.25, 0.3) is 0 Å². The number of nitrogens with zero attached hydrogens (tertiary/aromatic N) is 1. The van der Waals surface area contributed by atoms with Crippen LogP contribution in [0.25, 0.3) is 16.6 Å². The van der Waals surface area contributed by atoms with Gasteiger partial charge in [0.15, 0.2) is 0 Å². The molecule has 1 aliphatic rings. The van der Waals surface area contributed by atoms with Gasteiger partial charge in [0.2, 0.25) is 0 Å². The van der Waals surface area contributed by atoms with Gasteiger partial charge in [-0.2, -0.15) is 0 Å². The highest BCUT2D eigenvalue weighted by molar-refractivity contribution is 6.03. The van der Waals surface area contributed by atoms with E-state index >= 15 is 0 Å². The molecule has 2 aromatic rings. The molecule has 4 heteroatoms. The van der Waals surface area contributed by atoms with Gasteiger partial charge < -0.3 is 15.0 Å². The number of esters is 1. The number of hydrogen-bond acceptors (Lipinski definition) is 3. The Labute approximate surface area is 129 Å². The van der Waals surface area contributed by atoms with E-state index in [-0.39, 0.29) is 5.97 Å². The van der Waals surface area contributed by atoms with Crippen molar-refractivity contribution >= 4 is 22.6 Å². The van der Waals surface area contributed by atoms with Gasteiger partial charge in [-0.3, -0.25) is 0 Å². The molecular weight excluding hydrogens is 276 g/mol. The van der Waals surface area contributed by atoms with E-state index in [1.807, 2.05) is 18.2 Å². The average molecular weight is 296 g/mol. The monoisotopic (exact) mass is 296 g/mol. The SMILES string of the molecule is CC/C=C1\Cn2c(cc3ccccc32)C(N)=C1C(=O)OCC. The van der Waals surface area contributed by atoms with E-state index in [4.69, 9.17) is 10.5 Å². The molecule has 22 heavy (non-hydrogen) atoms. The largest absolute Gasteiger partial charge is 0.462 e. The molecule has 0 bridgehead atoms. The number of carbonyl (C=O) groups excluding carboxylic acids is 1. The number of carbonyl (C=O) groups is 1. The molecule has 0 amide bonds. The van der Waals surface area contributed by atoms with Crippen LogP contribution in [0, 0.1) is 0 Å². The number of hydrogen-bond donors (Lipinski definition) is 1. The number of para-hydroxylation sites is 1. The zero-order valence-electron chi connectivity index (χ0n) is 12.9. The first kappa shape index (κ1) is 14.4. The number of benzene rings is 1. The number of ether oxygens (including phenoxy) is 1. The van der Waals surface area contributed by atoms with Crippen LogP contribution in [0.15, 0.2) is 47.6 Å². The van der Waals surface area contributed by atoms with Crippen molar-refractivity contribution in [1.82, 2.24) is 4.57 Å². The molecule has 114 valence electrons. The number of fused-ring (bicyclic) bond motifs is 3. The van der Waals surface area contributed by atoms with Crippen LogP contribution < -0.4 is 5.73 Å². The smallest absolute Gasteiger partial charge is 0.340 e. The summed E-state index contributed by atoms with van der Waals surface area (Å²) in [6.07, 6.45) is 2.90. The van der Waals surface area contributed by atoms with Crippen LogP contribution >= 0.6 is 0 Å². The molecule has 0 saturated carbocycles. The third-order valence-corrected chi connectivity index (χ3v) is 3.94. The van der Waals surface area contributed by atoms with E-state index in [2.05, 4.69) is 29.7 Å². The van der Waals surface area contributed by atoms with Gasteiger partial charge in [0.1, 0.15) is 0 Å². The summed E-state index contributed by atoms with van der Waals surface area (Å²) in [6.45, 7) is 4.84. The Morgan fingerprint density at radius 1 is 1.36 bits per heavy atom. The Kier molecular flexibility index (Phi) is 3.75. The fourth-order valence-electron chi connectivity index (χ4n) is 3.01. The Bertz CT molecular complexity index is 797. The van der Waals surface area contributed by atoms with Crippen molar-refractivity contribution < 1.29 is 9.53 Å². The van der Waals surface area contributed by atoms with E-state index < -0.39 is 0 Å². The lowest BCUT2D eigenvalue weighted by Crippen LogP contribution is -2.23. The number of nitrogens with two attached hydrogens (primary N) is 1. The Balaban J connectivity index is 2.23. The summed E-state index contributed by atoms with van der Waals surface area (Å²) in [7, 11) is 0. The van der Waals surface area contributed by atoms with Gasteiger partial charge >= 0.3 is 5.97 Å². The molecule has 0 saturated heterocycles. The number of allylic oxidation sites excluding steroid dienone is 1. The topological polar surface area (TPSA) is 57.2 Å². The second-order valence-electron chi connectivity index (χ2n) is 5.32. The zero-order chi connectivity index (χ0) is 15.7. The maximum absolute atomic E-state index is 12.3. The first-order chi connectivity index (χ1) is 10.7. The summed E-state index contributed by atoms with van der Waals surface area (Å²) in [5.74, 6) is -0.337. The van der Waals surface area contributed by atoms with Crippen molar-refractivity contribution in [3.05, 3.63) is 53.2 Å². The lowest BCUT2D eigenvalue weighted by molar-refractivity contribution is -0.138. The minimum Gasteiger partial charge on any atom is -0.462 e. The normalized spacial score (nSPS) is 16.2. The third kappa shape index (κ3) is 2.21. The van der Waals surface area contributed by atoms with Crippen LogP contribution in [0.3, 0.4) is 0 Å². The van der Waals surface area contributed by atoms with Crippen LogP contribution in [-0.4, -0.2) is 17.1 Å². The van der Waals surface area contributed by atoms with E-state index in [0.717, 1.165) is 28.6 Å². The summed E-state index contributed by atoms with van der Waals surface area (Å²) in [5, 5.41) is 1.13. The fraction of sp³-hybridized carbons (Fsp3) is 0.278. The van der Waals surface area contributed by atoms with E-state index in [0.29, 0.717) is 24.4 Å². The maximum atomic E-state index is 12.3. The van der Waals surface area contributed by atoms with Crippen molar-refractivity contribution in [2.75, 3.05) is 6.61 Å². The summed E-state index contributed by atoms with van der Waals surface area (Å²) in [6, 6.07) is 10.2. The van der Waals surface area contributed by atoms with Gasteiger partial charge in [-0.05, 0) is 31.1 Å². The lowest BCUT2D eigenvalue weighted by atomic mass is 9.98. The van der Waals surface area contributed by atoms with Crippen molar-refractivity contribution in [2.45, 2.75) is 26.8 Å². The number of aromatic nitrogens is 1. The molecule has 0 atom stereocenters. The predicted octanol–water partition coefficient (Wildman–Crippen LogP) is 3.22. The Morgan fingerprint density at radius 3 is 2.86 bits per heavy atom. The molecule has 0 aliphatic carbocycles. The second-order valence-corrected chi connectivity index (χ2v) is 5.32. The summed E-state index contributed by atoms with van der Waals surface area (Å²) in [4.78, 5) is 12.3. The molecule has 0 unspecified atom stereocenters. The van der Waals surface area contributed by atoms with Gasteiger partial charge in [-0.1, -0.05) is 31.2 Å². The van der Waals surface area contributed by atoms with E-state index in [1.165, 1.54) is 0 Å². The first-order valence-electron chi connectivity index (χ1n) is 7.62. The van der Waals surface area contributed by atoms with Gasteiger partial charge in [-0.25, -0.2) is 4.79 Å². The highest BCUT2D eigenvalue weighted by Crippen LogP contribution is 2.33. The Hall–Kier alpha value is -2.49. The van der Waals surface area contributed by atoms with Crippen LogP contribution in [0.4, 0.5) is 0 Å². The van der Waals surface area contributed by atoms with Crippen LogP contribution in [0.5, 0.6) is 0 Å². The van der Waals surface area contributed by atoms with Gasteiger partial charge in [-0.15, -0.1) is 0 Å². The quantitative estimate of drug-likeness (QED) is 0.885. The molecule has 1 aromatic heterocycles. The maximum Gasteiger partial charge on any atom is 0.340 e. The van der Waals surface area contributed by atoms with Crippen molar-refractivity contribution in [3.8, 4) is 0 Å². The Morgan fingerprint density at radius 2 is 2.14 bits per heavy atom. The molecule has 2 heterocycles. The van der Waals surface area contributed by atoms with Gasteiger partial charge in [0, 0.05) is 17.4 Å². The second kappa shape index (κ2) is 5.72. The predicted molar refractivity (Wildman–Crippen MR) is 88.1 cm³/mol. The van der Waals surface area contributed by atoms with Crippen LogP contribution in [-0.2, 0) is 16.1 Å². The standard InChI is InChI=1S/C18H20N2O2/c1-3-7-13-11-20-14-9-6-5-8-12(14)10-15(20)17(19)16(13)18(21)22-4-2/h5-10H,3-4,11,19H2,1-2H3/b13-7+. The van der Waals surface area contributed by atoms with Gasteiger partial charge in [0.05, 0.1) is 23.6 Å². The molecule has 0 fully saturated rings. The first-order valence-corrected chi connectivity index (χ1v) is 7.62. The molecule has 3 rings (SSSR count). The number of rotatable bonds is 3. The summed E-state index contributed by atoms with van der Waals surface area (Å²) >= 11 is 0. The van der Waals surface area contributed by atoms with Crippen LogP contribution in [0.2, 0.25) is 0 Å². The molecule has 0 spiro atoms. The minimum absolute atomic E-state index is 0.337. The lowest BCUT2D eigenvalue weighted by Gasteiger charge is -2.23. The zero-order valence-corrected chi connectivity index (χ0v) is 12.9. The molecule has 1 aromatic carbocycles. The van der Waals surface area contributed by atoms with Crippen molar-refractivity contribution in [3.63, 3.8) is 0 Å². The molecule has 2 N–H and O–H groups in total.